The highest BCUT2D eigenvalue weighted by Crippen LogP contribution is 2.29. The van der Waals surface area contributed by atoms with Crippen LogP contribution in [0.2, 0.25) is 0 Å². The summed E-state index contributed by atoms with van der Waals surface area (Å²) in [4.78, 5) is 44.0. The fourth-order valence-corrected chi connectivity index (χ4v) is 5.24. The first-order chi connectivity index (χ1) is 15.3. The summed E-state index contributed by atoms with van der Waals surface area (Å²) in [6.07, 6.45) is 1.62. The fourth-order valence-electron chi connectivity index (χ4n) is 3.28. The van der Waals surface area contributed by atoms with Gasteiger partial charge in [-0.2, -0.15) is 0 Å². The summed E-state index contributed by atoms with van der Waals surface area (Å²) in [5, 5.41) is 6.04. The molecule has 0 aliphatic carbocycles. The summed E-state index contributed by atoms with van der Waals surface area (Å²) in [7, 11) is 0. The first kappa shape index (κ1) is 24.0. The first-order valence-electron chi connectivity index (χ1n) is 10.6. The number of hydrogen-bond donors (Lipinski definition) is 2. The molecular formula is C23H28N4O3S2. The molecule has 0 bridgehead atoms. The van der Waals surface area contributed by atoms with Crippen molar-refractivity contribution in [2.24, 2.45) is 0 Å². The molecule has 0 spiro atoms. The number of thiophene rings is 1. The second-order valence-corrected chi connectivity index (χ2v) is 9.57. The molecule has 0 aliphatic heterocycles. The zero-order valence-electron chi connectivity index (χ0n) is 18.8. The lowest BCUT2D eigenvalue weighted by atomic mass is 10.1. The SMILES string of the molecule is CCCNC(=O)NC(=O)CSc1nc2sc(CC)c(C)c2c(=O)n1Cc1ccc(C)cc1. The Morgan fingerprint density at radius 1 is 1.16 bits per heavy atom. The van der Waals surface area contributed by atoms with E-state index in [1.807, 2.05) is 45.0 Å². The summed E-state index contributed by atoms with van der Waals surface area (Å²) in [5.74, 6) is -0.451. The number of aromatic nitrogens is 2. The number of nitrogens with zero attached hydrogens (tertiary/aromatic N) is 2. The van der Waals surface area contributed by atoms with E-state index in [2.05, 4.69) is 17.6 Å². The largest absolute Gasteiger partial charge is 0.338 e. The number of hydrogen-bond acceptors (Lipinski definition) is 6. The molecule has 0 fully saturated rings. The van der Waals surface area contributed by atoms with Crippen LogP contribution in [0.25, 0.3) is 10.2 Å². The van der Waals surface area contributed by atoms with Crippen LogP contribution in [0.1, 0.15) is 41.8 Å². The molecule has 3 aromatic rings. The number of thioether (sulfide) groups is 1. The molecule has 2 aromatic heterocycles. The van der Waals surface area contributed by atoms with Crippen LogP contribution in [-0.2, 0) is 17.8 Å². The van der Waals surface area contributed by atoms with Crippen LogP contribution in [0.4, 0.5) is 4.79 Å². The lowest BCUT2D eigenvalue weighted by Crippen LogP contribution is -2.40. The summed E-state index contributed by atoms with van der Waals surface area (Å²) < 4.78 is 1.63. The van der Waals surface area contributed by atoms with Crippen LogP contribution in [0.15, 0.2) is 34.2 Å². The second-order valence-electron chi connectivity index (χ2n) is 7.55. The average Bonchev–Trinajstić information content (AvgIpc) is 3.09. The van der Waals surface area contributed by atoms with Gasteiger partial charge in [0.2, 0.25) is 5.91 Å². The fraction of sp³-hybridized carbons (Fsp3) is 0.391. The van der Waals surface area contributed by atoms with Gasteiger partial charge in [-0.3, -0.25) is 19.5 Å². The molecule has 0 saturated heterocycles. The van der Waals surface area contributed by atoms with E-state index in [0.29, 0.717) is 28.5 Å². The maximum Gasteiger partial charge on any atom is 0.321 e. The smallest absolute Gasteiger partial charge is 0.321 e. The minimum absolute atomic E-state index is 0.0175. The van der Waals surface area contributed by atoms with Gasteiger partial charge in [0.15, 0.2) is 5.16 Å². The van der Waals surface area contributed by atoms with Crippen LogP contribution >= 0.6 is 23.1 Å². The number of carbonyl (C=O) groups is 2. The number of aryl methyl sites for hydroxylation is 3. The van der Waals surface area contributed by atoms with Crippen molar-refractivity contribution in [3.63, 3.8) is 0 Å². The van der Waals surface area contributed by atoms with Gasteiger partial charge in [-0.15, -0.1) is 11.3 Å². The standard InChI is InChI=1S/C23H28N4O3S2/c1-5-11-24-22(30)25-18(28)13-31-23-26-20-19(15(4)17(6-2)32-20)21(29)27(23)12-16-9-7-14(3)8-10-16/h7-10H,5-6,11-13H2,1-4H3,(H2,24,25,28,30). The molecule has 0 atom stereocenters. The molecular weight excluding hydrogens is 444 g/mol. The van der Waals surface area contributed by atoms with E-state index in [-0.39, 0.29) is 11.3 Å². The van der Waals surface area contributed by atoms with Crippen molar-refractivity contribution in [2.45, 2.75) is 52.2 Å². The van der Waals surface area contributed by atoms with Gasteiger partial charge in [-0.05, 0) is 37.8 Å². The zero-order valence-corrected chi connectivity index (χ0v) is 20.4. The Balaban J connectivity index is 1.92. The molecule has 0 aliphatic rings. The Morgan fingerprint density at radius 3 is 2.53 bits per heavy atom. The molecule has 32 heavy (non-hydrogen) atoms. The molecule has 170 valence electrons. The van der Waals surface area contributed by atoms with Crippen molar-refractivity contribution < 1.29 is 9.59 Å². The highest BCUT2D eigenvalue weighted by molar-refractivity contribution is 7.99. The van der Waals surface area contributed by atoms with Gasteiger partial charge >= 0.3 is 6.03 Å². The Morgan fingerprint density at radius 2 is 1.88 bits per heavy atom. The number of carbonyl (C=O) groups excluding carboxylic acids is 2. The van der Waals surface area contributed by atoms with Crippen molar-refractivity contribution in [2.75, 3.05) is 12.3 Å². The topological polar surface area (TPSA) is 93.1 Å². The summed E-state index contributed by atoms with van der Waals surface area (Å²) >= 11 is 2.68. The molecule has 9 heteroatoms. The third-order valence-corrected chi connectivity index (χ3v) is 7.32. The number of fused-ring (bicyclic) bond motifs is 1. The predicted molar refractivity (Wildman–Crippen MR) is 131 cm³/mol. The Labute approximate surface area is 195 Å². The van der Waals surface area contributed by atoms with Crippen LogP contribution in [0.5, 0.6) is 0 Å². The molecule has 0 radical (unpaired) electrons. The lowest BCUT2D eigenvalue weighted by Gasteiger charge is -2.13. The Bertz CT molecular complexity index is 1180. The maximum absolute atomic E-state index is 13.5. The number of amides is 3. The molecule has 3 rings (SSSR count). The van der Waals surface area contributed by atoms with E-state index in [0.717, 1.165) is 46.2 Å². The van der Waals surface area contributed by atoms with Crippen LogP contribution in [0.3, 0.4) is 0 Å². The van der Waals surface area contributed by atoms with Crippen molar-refractivity contribution in [1.29, 1.82) is 0 Å². The van der Waals surface area contributed by atoms with E-state index >= 15 is 0 Å². The molecule has 2 heterocycles. The molecule has 3 amide bonds. The van der Waals surface area contributed by atoms with E-state index < -0.39 is 11.9 Å². The number of rotatable bonds is 8. The maximum atomic E-state index is 13.5. The normalized spacial score (nSPS) is 11.0. The quantitative estimate of drug-likeness (QED) is 0.382. The highest BCUT2D eigenvalue weighted by Gasteiger charge is 2.19. The van der Waals surface area contributed by atoms with E-state index in [1.54, 1.807) is 4.57 Å². The van der Waals surface area contributed by atoms with Crippen molar-refractivity contribution >= 4 is 45.3 Å². The van der Waals surface area contributed by atoms with Gasteiger partial charge in [0, 0.05) is 11.4 Å². The number of urea groups is 1. The number of benzene rings is 1. The molecule has 7 nitrogen and oxygen atoms in total. The van der Waals surface area contributed by atoms with Gasteiger partial charge in [0.05, 0.1) is 17.7 Å². The van der Waals surface area contributed by atoms with E-state index in [4.69, 9.17) is 4.98 Å². The Hall–Kier alpha value is -2.65. The zero-order chi connectivity index (χ0) is 23.3. The minimum Gasteiger partial charge on any atom is -0.338 e. The molecule has 1 aromatic carbocycles. The summed E-state index contributed by atoms with van der Waals surface area (Å²) in [6.45, 7) is 8.83. The highest BCUT2D eigenvalue weighted by atomic mass is 32.2. The predicted octanol–water partition coefficient (Wildman–Crippen LogP) is 4.01. The van der Waals surface area contributed by atoms with Gasteiger partial charge in [0.25, 0.3) is 5.56 Å². The van der Waals surface area contributed by atoms with Crippen LogP contribution in [0, 0.1) is 13.8 Å². The molecule has 0 unspecified atom stereocenters. The third-order valence-electron chi connectivity index (χ3n) is 5.02. The monoisotopic (exact) mass is 472 g/mol. The van der Waals surface area contributed by atoms with Crippen LogP contribution in [-0.4, -0.2) is 33.8 Å². The number of nitrogens with one attached hydrogen (secondary N) is 2. The second kappa shape index (κ2) is 10.8. The van der Waals surface area contributed by atoms with Gasteiger partial charge in [-0.1, -0.05) is 55.4 Å². The van der Waals surface area contributed by atoms with Gasteiger partial charge in [-0.25, -0.2) is 9.78 Å². The van der Waals surface area contributed by atoms with Gasteiger partial charge < -0.3 is 5.32 Å². The molecule has 0 saturated carbocycles. The summed E-state index contributed by atoms with van der Waals surface area (Å²) in [6, 6.07) is 7.48. The van der Waals surface area contributed by atoms with E-state index in [9.17, 15) is 14.4 Å². The van der Waals surface area contributed by atoms with E-state index in [1.165, 1.54) is 11.3 Å². The minimum atomic E-state index is -0.514. The Kier molecular flexibility index (Phi) is 8.09. The average molecular weight is 473 g/mol. The van der Waals surface area contributed by atoms with Crippen LogP contribution < -0.4 is 16.2 Å². The lowest BCUT2D eigenvalue weighted by molar-refractivity contribution is -0.117. The summed E-state index contributed by atoms with van der Waals surface area (Å²) in [5.41, 5.74) is 2.99. The van der Waals surface area contributed by atoms with Crippen molar-refractivity contribution in [3.05, 3.63) is 56.2 Å². The van der Waals surface area contributed by atoms with Crippen molar-refractivity contribution in [3.8, 4) is 0 Å². The number of imide groups is 1. The molecule has 2 N–H and O–H groups in total. The third kappa shape index (κ3) is 5.58. The van der Waals surface area contributed by atoms with Gasteiger partial charge in [0.1, 0.15) is 4.83 Å². The van der Waals surface area contributed by atoms with Crippen molar-refractivity contribution in [1.82, 2.24) is 20.2 Å². The first-order valence-corrected chi connectivity index (χ1v) is 12.4.